The predicted octanol–water partition coefficient (Wildman–Crippen LogP) is 1.93. The average molecular weight is 345 g/mol. The Hall–Kier alpha value is -0.250. The van der Waals surface area contributed by atoms with Gasteiger partial charge in [0.2, 0.25) is 5.00 Å². The van der Waals surface area contributed by atoms with Crippen molar-refractivity contribution in [3.05, 3.63) is 0 Å². The van der Waals surface area contributed by atoms with Gasteiger partial charge in [-0.1, -0.05) is 6.42 Å². The monoisotopic (exact) mass is 345 g/mol. The molecule has 1 aliphatic rings. The molecule has 0 aromatic carbocycles. The van der Waals surface area contributed by atoms with Crippen LogP contribution in [0.2, 0.25) is 0 Å². The molecular formula is C12H24FNO5S2. The molecule has 0 aromatic heterocycles. The van der Waals surface area contributed by atoms with E-state index in [9.17, 15) is 21.4 Å². The Kier molecular flexibility index (Phi) is 4.86. The summed E-state index contributed by atoms with van der Waals surface area (Å²) in [6.45, 7) is 5.79. The van der Waals surface area contributed by atoms with Crippen LogP contribution in [0.15, 0.2) is 0 Å². The van der Waals surface area contributed by atoms with Crippen LogP contribution in [0.4, 0.5) is 4.39 Å². The second-order valence-corrected chi connectivity index (χ2v) is 10.5. The highest BCUT2D eigenvalue weighted by Crippen LogP contribution is 2.42. The van der Waals surface area contributed by atoms with Gasteiger partial charge in [0.1, 0.15) is 4.75 Å². The van der Waals surface area contributed by atoms with Gasteiger partial charge in [-0.3, -0.25) is 4.55 Å². The first-order valence-corrected chi connectivity index (χ1v) is 9.75. The zero-order valence-corrected chi connectivity index (χ0v) is 14.6. The van der Waals surface area contributed by atoms with Crippen molar-refractivity contribution < 1.29 is 25.8 Å². The highest BCUT2D eigenvalue weighted by molar-refractivity contribution is 7.93. The third-order valence-electron chi connectivity index (χ3n) is 4.59. The lowest BCUT2D eigenvalue weighted by atomic mass is 10.0. The lowest BCUT2D eigenvalue weighted by Gasteiger charge is -2.44. The maximum absolute atomic E-state index is 15.1. The second kappa shape index (κ2) is 5.43. The van der Waals surface area contributed by atoms with Gasteiger partial charge >= 0.3 is 0 Å². The molecule has 1 rings (SSSR count). The first-order valence-electron chi connectivity index (χ1n) is 6.87. The van der Waals surface area contributed by atoms with Crippen LogP contribution in [0.5, 0.6) is 0 Å². The molecule has 0 radical (unpaired) electrons. The highest BCUT2D eigenvalue weighted by atomic mass is 32.2. The third-order valence-corrected chi connectivity index (χ3v) is 9.15. The van der Waals surface area contributed by atoms with E-state index in [4.69, 9.17) is 0 Å². The number of alkyl halides is 1. The van der Waals surface area contributed by atoms with E-state index in [1.54, 1.807) is 13.8 Å². The largest absolute Gasteiger partial charge is 0.285 e. The minimum atomic E-state index is -4.90. The molecule has 0 aromatic rings. The van der Waals surface area contributed by atoms with Crippen LogP contribution in [-0.2, 0) is 20.1 Å². The zero-order valence-electron chi connectivity index (χ0n) is 13.0. The molecule has 126 valence electrons. The fourth-order valence-electron chi connectivity index (χ4n) is 2.61. The van der Waals surface area contributed by atoms with Crippen LogP contribution in [-0.4, -0.2) is 47.5 Å². The predicted molar refractivity (Wildman–Crippen MR) is 78.7 cm³/mol. The Labute approximate surface area is 126 Å². The van der Waals surface area contributed by atoms with Gasteiger partial charge in [0.05, 0.1) is 0 Å². The van der Waals surface area contributed by atoms with Crippen molar-refractivity contribution in [2.24, 2.45) is 0 Å². The summed E-state index contributed by atoms with van der Waals surface area (Å²) in [5, 5.41) is -3.15. The molecule has 1 fully saturated rings. The van der Waals surface area contributed by atoms with Crippen molar-refractivity contribution in [3.63, 3.8) is 0 Å². The molecule has 1 heterocycles. The van der Waals surface area contributed by atoms with E-state index >= 15 is 4.39 Å². The van der Waals surface area contributed by atoms with Crippen molar-refractivity contribution in [1.29, 1.82) is 0 Å². The van der Waals surface area contributed by atoms with Crippen molar-refractivity contribution in [3.8, 4) is 0 Å². The SMILES string of the molecule is CC1CCCC(C)N1S(=O)(=O)C(C)(F)C(C)(C)S(=O)(=O)O. The molecule has 1 saturated heterocycles. The van der Waals surface area contributed by atoms with E-state index in [0.717, 1.165) is 24.6 Å². The number of sulfonamides is 1. The fourth-order valence-corrected chi connectivity index (χ4v) is 5.88. The van der Waals surface area contributed by atoms with Crippen LogP contribution in [0.3, 0.4) is 0 Å². The lowest BCUT2D eigenvalue weighted by molar-refractivity contribution is 0.162. The van der Waals surface area contributed by atoms with Crippen molar-refractivity contribution in [2.45, 2.75) is 75.7 Å². The summed E-state index contributed by atoms with van der Waals surface area (Å²) in [5.41, 5.74) is 0. The summed E-state index contributed by atoms with van der Waals surface area (Å²) in [5.74, 6) is 0. The molecule has 1 aliphatic heterocycles. The molecule has 0 aliphatic carbocycles. The van der Waals surface area contributed by atoms with Gasteiger partial charge in [-0.25, -0.2) is 12.8 Å². The van der Waals surface area contributed by atoms with Crippen LogP contribution >= 0.6 is 0 Å². The Morgan fingerprint density at radius 1 is 1.05 bits per heavy atom. The van der Waals surface area contributed by atoms with Gasteiger partial charge in [-0.2, -0.15) is 12.7 Å². The summed E-state index contributed by atoms with van der Waals surface area (Å²) in [6, 6.07) is -0.822. The Balaban J connectivity index is 3.41. The molecule has 0 amide bonds. The van der Waals surface area contributed by atoms with Gasteiger partial charge in [0, 0.05) is 12.1 Å². The maximum atomic E-state index is 15.1. The van der Waals surface area contributed by atoms with Crippen LogP contribution in [0, 0.1) is 0 Å². The minimum absolute atomic E-state index is 0.411. The van der Waals surface area contributed by atoms with Gasteiger partial charge in [0.15, 0.2) is 0 Å². The number of rotatable bonds is 4. The number of nitrogens with zero attached hydrogens (tertiary/aromatic N) is 1. The fraction of sp³-hybridized carbons (Fsp3) is 1.00. The molecular weight excluding hydrogens is 321 g/mol. The smallest absolute Gasteiger partial charge is 0.274 e. The highest BCUT2D eigenvalue weighted by Gasteiger charge is 2.62. The van der Waals surface area contributed by atoms with Crippen LogP contribution in [0.25, 0.3) is 0 Å². The minimum Gasteiger partial charge on any atom is -0.285 e. The maximum Gasteiger partial charge on any atom is 0.274 e. The first-order chi connectivity index (χ1) is 9.18. The van der Waals surface area contributed by atoms with E-state index in [0.29, 0.717) is 19.8 Å². The van der Waals surface area contributed by atoms with Crippen LogP contribution in [0.1, 0.15) is 53.9 Å². The number of halogens is 1. The van der Waals surface area contributed by atoms with E-state index in [2.05, 4.69) is 0 Å². The molecule has 0 spiro atoms. The summed E-state index contributed by atoms with van der Waals surface area (Å²) >= 11 is 0. The van der Waals surface area contributed by atoms with Gasteiger partial charge in [-0.15, -0.1) is 0 Å². The molecule has 1 N–H and O–H groups in total. The van der Waals surface area contributed by atoms with Crippen molar-refractivity contribution in [2.75, 3.05) is 0 Å². The Morgan fingerprint density at radius 3 is 1.76 bits per heavy atom. The standard InChI is InChI=1S/C12H24FNO5S2/c1-9-7-6-8-10(2)14(9)20(15,16)12(5,13)11(3,4)21(17,18)19/h9-10H,6-8H2,1-5H3,(H,17,18,19). The molecule has 0 bridgehead atoms. The summed E-state index contributed by atoms with van der Waals surface area (Å²) in [7, 11) is -9.47. The summed E-state index contributed by atoms with van der Waals surface area (Å²) in [6.07, 6.45) is 2.01. The zero-order chi connectivity index (χ0) is 16.9. The van der Waals surface area contributed by atoms with Crippen molar-refractivity contribution in [1.82, 2.24) is 4.31 Å². The van der Waals surface area contributed by atoms with Gasteiger partial charge in [0.25, 0.3) is 20.1 Å². The normalized spacial score (nSPS) is 29.1. The van der Waals surface area contributed by atoms with E-state index in [1.807, 2.05) is 0 Å². The molecule has 21 heavy (non-hydrogen) atoms. The third kappa shape index (κ3) is 2.85. The van der Waals surface area contributed by atoms with Gasteiger partial charge < -0.3 is 0 Å². The molecule has 3 atom stereocenters. The number of piperidine rings is 1. The molecule has 0 saturated carbocycles. The molecule has 3 unspecified atom stereocenters. The second-order valence-electron chi connectivity index (χ2n) is 6.37. The topological polar surface area (TPSA) is 91.8 Å². The van der Waals surface area contributed by atoms with E-state index in [-0.39, 0.29) is 0 Å². The van der Waals surface area contributed by atoms with E-state index in [1.165, 1.54) is 0 Å². The van der Waals surface area contributed by atoms with Crippen LogP contribution < -0.4 is 0 Å². The quantitative estimate of drug-likeness (QED) is 0.786. The van der Waals surface area contributed by atoms with Gasteiger partial charge in [-0.05, 0) is 47.5 Å². The Morgan fingerprint density at radius 2 is 1.43 bits per heavy atom. The molecule has 9 heteroatoms. The molecule has 6 nitrogen and oxygen atoms in total. The summed E-state index contributed by atoms with van der Waals surface area (Å²) in [4.78, 5) is 0. The van der Waals surface area contributed by atoms with E-state index < -0.39 is 42.0 Å². The lowest BCUT2D eigenvalue weighted by Crippen LogP contribution is -2.62. The number of hydrogen-bond donors (Lipinski definition) is 1. The average Bonchev–Trinajstić information content (AvgIpc) is 2.26. The summed E-state index contributed by atoms with van der Waals surface area (Å²) < 4.78 is 71.1. The Bertz CT molecular complexity index is 587. The number of hydrogen-bond acceptors (Lipinski definition) is 4. The van der Waals surface area contributed by atoms with Crippen molar-refractivity contribution >= 4 is 20.1 Å². The first kappa shape index (κ1) is 18.8.